The van der Waals surface area contributed by atoms with Crippen LogP contribution in [0.3, 0.4) is 0 Å². The van der Waals surface area contributed by atoms with Gasteiger partial charge in [-0.1, -0.05) is 61.4 Å². The van der Waals surface area contributed by atoms with Crippen LogP contribution < -0.4 is 0 Å². The Labute approximate surface area is 246 Å². The Kier molecular flexibility index (Phi) is 9.11. The molecule has 1 saturated carbocycles. The molecule has 2 fully saturated rings. The zero-order chi connectivity index (χ0) is 29.8. The fraction of sp³-hybridized carbons (Fsp3) is 0.500. The number of hydrogen-bond donors (Lipinski definition) is 1. The molecule has 5 rings (SSSR count). The first kappa shape index (κ1) is 29.6. The average molecular weight is 578 g/mol. The molecule has 2 atom stereocenters. The van der Waals surface area contributed by atoms with Gasteiger partial charge in [-0.2, -0.15) is 0 Å². The standard InChI is InChI=1S/C32H39N3O7/c1-33(27(19-28(36)37)30(38)35-15-17-41-18-16-35)31(39)29(21-9-3-4-10-21)34(2)32(40)42-20-26-24-13-7-5-11-22(24)23-12-6-8-14-25(23)26/h5-8,11-14,21,26-27,29H,3-4,9-10,15-20H2,1-2H3,(H,36,37)/t27-,29?/m0/s1. The highest BCUT2D eigenvalue weighted by Crippen LogP contribution is 2.44. The number of rotatable bonds is 9. The molecule has 10 nitrogen and oxygen atoms in total. The molecule has 1 unspecified atom stereocenters. The number of carbonyl (C=O) groups excluding carboxylic acids is 3. The van der Waals surface area contributed by atoms with E-state index in [9.17, 15) is 24.3 Å². The summed E-state index contributed by atoms with van der Waals surface area (Å²) in [4.78, 5) is 56.8. The summed E-state index contributed by atoms with van der Waals surface area (Å²) in [5.74, 6) is -2.29. The summed E-state index contributed by atoms with van der Waals surface area (Å²) in [7, 11) is 3.02. The molecule has 3 amide bonds. The third kappa shape index (κ3) is 5.99. The minimum Gasteiger partial charge on any atom is -0.481 e. The van der Waals surface area contributed by atoms with Gasteiger partial charge < -0.3 is 24.4 Å². The van der Waals surface area contributed by atoms with Gasteiger partial charge in [-0.25, -0.2) is 4.79 Å². The van der Waals surface area contributed by atoms with Crippen LogP contribution in [0, 0.1) is 5.92 Å². The first-order valence-electron chi connectivity index (χ1n) is 14.7. The van der Waals surface area contributed by atoms with Gasteiger partial charge in [-0.05, 0) is 41.0 Å². The molecule has 3 aliphatic rings. The second-order valence-corrected chi connectivity index (χ2v) is 11.4. The number of likely N-dealkylation sites (N-methyl/N-ethyl adjacent to an activating group) is 2. The highest BCUT2D eigenvalue weighted by atomic mass is 16.6. The maximum absolute atomic E-state index is 14.1. The molecule has 224 valence electrons. The summed E-state index contributed by atoms with van der Waals surface area (Å²) in [6.07, 6.45) is 2.23. The van der Waals surface area contributed by atoms with Gasteiger partial charge in [0, 0.05) is 33.1 Å². The molecule has 0 aromatic heterocycles. The summed E-state index contributed by atoms with van der Waals surface area (Å²) in [6.45, 7) is 1.51. The lowest BCUT2D eigenvalue weighted by molar-refractivity contribution is -0.154. The Hall–Kier alpha value is -3.92. The molecule has 2 aromatic rings. The minimum atomic E-state index is -1.19. The lowest BCUT2D eigenvalue weighted by Crippen LogP contribution is -2.58. The van der Waals surface area contributed by atoms with Gasteiger partial charge >= 0.3 is 12.1 Å². The van der Waals surface area contributed by atoms with Crippen molar-refractivity contribution in [2.24, 2.45) is 5.92 Å². The van der Waals surface area contributed by atoms with E-state index in [4.69, 9.17) is 9.47 Å². The van der Waals surface area contributed by atoms with Crippen LogP contribution in [0.2, 0.25) is 0 Å². The van der Waals surface area contributed by atoms with Crippen LogP contribution >= 0.6 is 0 Å². The number of carboxylic acids is 1. The number of morpholine rings is 1. The van der Waals surface area contributed by atoms with Gasteiger partial charge in [0.15, 0.2) is 0 Å². The van der Waals surface area contributed by atoms with Crippen molar-refractivity contribution < 1.29 is 33.8 Å². The maximum Gasteiger partial charge on any atom is 0.410 e. The molecular formula is C32H39N3O7. The molecule has 1 N–H and O–H groups in total. The van der Waals surface area contributed by atoms with Gasteiger partial charge in [-0.3, -0.25) is 19.3 Å². The third-order valence-electron chi connectivity index (χ3n) is 8.93. The summed E-state index contributed by atoms with van der Waals surface area (Å²) in [5.41, 5.74) is 4.43. The number of aliphatic carboxylic acids is 1. The molecule has 42 heavy (non-hydrogen) atoms. The second-order valence-electron chi connectivity index (χ2n) is 11.4. The van der Waals surface area contributed by atoms with Crippen molar-refractivity contribution in [2.45, 2.75) is 50.1 Å². The molecular weight excluding hydrogens is 538 g/mol. The minimum absolute atomic E-state index is 0.116. The highest BCUT2D eigenvalue weighted by Gasteiger charge is 2.42. The highest BCUT2D eigenvalue weighted by molar-refractivity contribution is 5.93. The van der Waals surface area contributed by atoms with E-state index in [2.05, 4.69) is 12.1 Å². The fourth-order valence-corrected chi connectivity index (χ4v) is 6.68. The maximum atomic E-state index is 14.1. The van der Waals surface area contributed by atoms with Crippen LogP contribution in [-0.4, -0.2) is 103 Å². The molecule has 0 spiro atoms. The van der Waals surface area contributed by atoms with Crippen LogP contribution in [0.15, 0.2) is 48.5 Å². The van der Waals surface area contributed by atoms with Crippen LogP contribution in [0.5, 0.6) is 0 Å². The Balaban J connectivity index is 1.33. The number of carbonyl (C=O) groups is 4. The number of ether oxygens (including phenoxy) is 2. The van der Waals surface area contributed by atoms with E-state index in [1.165, 1.54) is 16.8 Å². The lowest BCUT2D eigenvalue weighted by atomic mass is 9.95. The van der Waals surface area contributed by atoms with Crippen molar-refractivity contribution in [3.05, 3.63) is 59.7 Å². The molecule has 1 aliphatic heterocycles. The average Bonchev–Trinajstić information content (AvgIpc) is 3.65. The summed E-state index contributed by atoms with van der Waals surface area (Å²) < 4.78 is 11.2. The largest absolute Gasteiger partial charge is 0.481 e. The molecule has 1 saturated heterocycles. The van der Waals surface area contributed by atoms with E-state index in [1.807, 2.05) is 36.4 Å². The number of nitrogens with zero attached hydrogens (tertiary/aromatic N) is 3. The Morgan fingerprint density at radius 2 is 1.50 bits per heavy atom. The Bertz CT molecular complexity index is 1270. The van der Waals surface area contributed by atoms with Crippen molar-refractivity contribution in [3.63, 3.8) is 0 Å². The van der Waals surface area contributed by atoms with E-state index in [0.29, 0.717) is 26.3 Å². The summed E-state index contributed by atoms with van der Waals surface area (Å²) in [5, 5.41) is 9.60. The monoisotopic (exact) mass is 577 g/mol. The predicted octanol–water partition coefficient (Wildman–Crippen LogP) is 3.59. The SMILES string of the molecule is CN(C(=O)OCC1c2ccccc2-c2ccccc21)C(C(=O)N(C)[C@@H](CC(=O)O)C(=O)N1CCOCC1)C1CCCC1. The smallest absolute Gasteiger partial charge is 0.410 e. The van der Waals surface area contributed by atoms with E-state index in [1.54, 1.807) is 11.9 Å². The van der Waals surface area contributed by atoms with Gasteiger partial charge in [0.05, 0.1) is 19.6 Å². The summed E-state index contributed by atoms with van der Waals surface area (Å²) in [6, 6.07) is 14.1. The van der Waals surface area contributed by atoms with Crippen molar-refractivity contribution in [1.82, 2.24) is 14.7 Å². The molecule has 0 radical (unpaired) electrons. The Morgan fingerprint density at radius 1 is 0.929 bits per heavy atom. The number of amides is 3. The zero-order valence-electron chi connectivity index (χ0n) is 24.2. The Morgan fingerprint density at radius 3 is 2.07 bits per heavy atom. The van der Waals surface area contributed by atoms with Crippen molar-refractivity contribution in [1.29, 1.82) is 0 Å². The second kappa shape index (κ2) is 12.9. The third-order valence-corrected chi connectivity index (χ3v) is 8.93. The molecule has 1 heterocycles. The number of benzene rings is 2. The van der Waals surface area contributed by atoms with Crippen LogP contribution in [0.25, 0.3) is 11.1 Å². The normalized spacial score (nSPS) is 18.1. The van der Waals surface area contributed by atoms with E-state index < -0.39 is 42.4 Å². The van der Waals surface area contributed by atoms with Crippen LogP contribution in [0.4, 0.5) is 4.79 Å². The van der Waals surface area contributed by atoms with Gasteiger partial charge in [-0.15, -0.1) is 0 Å². The first-order valence-corrected chi connectivity index (χ1v) is 14.7. The summed E-state index contributed by atoms with van der Waals surface area (Å²) >= 11 is 0. The van der Waals surface area contributed by atoms with Crippen molar-refractivity contribution in [3.8, 4) is 11.1 Å². The molecule has 10 heteroatoms. The number of fused-ring (bicyclic) bond motifs is 3. The number of hydrogen-bond acceptors (Lipinski definition) is 6. The van der Waals surface area contributed by atoms with Crippen LogP contribution in [-0.2, 0) is 23.9 Å². The van der Waals surface area contributed by atoms with Crippen molar-refractivity contribution in [2.75, 3.05) is 47.0 Å². The van der Waals surface area contributed by atoms with Gasteiger partial charge in [0.2, 0.25) is 11.8 Å². The topological polar surface area (TPSA) is 117 Å². The quantitative estimate of drug-likeness (QED) is 0.484. The fourth-order valence-electron chi connectivity index (χ4n) is 6.68. The first-order chi connectivity index (χ1) is 20.3. The van der Waals surface area contributed by atoms with Crippen molar-refractivity contribution >= 4 is 23.9 Å². The lowest BCUT2D eigenvalue weighted by Gasteiger charge is -2.38. The molecule has 2 aromatic carbocycles. The van der Waals surface area contributed by atoms with Crippen LogP contribution in [0.1, 0.15) is 49.1 Å². The van der Waals surface area contributed by atoms with E-state index >= 15 is 0 Å². The zero-order valence-corrected chi connectivity index (χ0v) is 24.2. The van der Waals surface area contributed by atoms with E-state index in [-0.39, 0.29) is 18.4 Å². The van der Waals surface area contributed by atoms with Gasteiger partial charge in [0.25, 0.3) is 0 Å². The number of carboxylic acid groups (broad SMARTS) is 1. The van der Waals surface area contributed by atoms with Gasteiger partial charge in [0.1, 0.15) is 18.7 Å². The molecule has 0 bridgehead atoms. The predicted molar refractivity (Wildman–Crippen MR) is 155 cm³/mol. The van der Waals surface area contributed by atoms with E-state index in [0.717, 1.165) is 47.9 Å². The molecule has 2 aliphatic carbocycles.